The van der Waals surface area contributed by atoms with Crippen LogP contribution < -0.4 is 15.4 Å². The number of oxazole rings is 1. The molecule has 8 nitrogen and oxygen atoms in total. The highest BCUT2D eigenvalue weighted by Crippen LogP contribution is 2.16. The molecule has 0 bridgehead atoms. The van der Waals surface area contributed by atoms with E-state index >= 15 is 0 Å². The number of ether oxygens (including phenoxy) is 2. The maximum Gasteiger partial charge on any atom is 0.414 e. The number of rotatable bonds is 8. The zero-order valence-electron chi connectivity index (χ0n) is 15.0. The van der Waals surface area contributed by atoms with Gasteiger partial charge in [0.05, 0.1) is 6.54 Å². The maximum atomic E-state index is 11.5. The maximum absolute atomic E-state index is 11.5. The molecule has 1 aromatic heterocycles. The first kappa shape index (κ1) is 18.0. The number of para-hydroxylation sites is 2. The normalized spacial score (nSPS) is 16.2. The summed E-state index contributed by atoms with van der Waals surface area (Å²) in [6, 6.07) is 15.0. The number of hydrogen-bond acceptors (Lipinski definition) is 7. The van der Waals surface area contributed by atoms with E-state index in [9.17, 15) is 9.59 Å². The summed E-state index contributed by atoms with van der Waals surface area (Å²) in [6.45, 7) is 1.65. The Morgan fingerprint density at radius 1 is 1.11 bits per heavy atom. The van der Waals surface area contributed by atoms with Crippen LogP contribution in [-0.4, -0.2) is 36.2 Å². The third-order valence-electron chi connectivity index (χ3n) is 4.27. The Morgan fingerprint density at radius 3 is 2.68 bits per heavy atom. The van der Waals surface area contributed by atoms with E-state index in [-0.39, 0.29) is 0 Å². The standard InChI is InChI=1S/C20H19N3O5/c24-19-17(28-20(25)23-19)11-13-5-7-14(8-6-13)26-10-9-21-12-18-22-15-3-1-2-4-16(15)27-18/h1-8,17,21H,9-12H2,(H,23,24,25). The van der Waals surface area contributed by atoms with Crippen molar-refractivity contribution in [2.75, 3.05) is 13.2 Å². The fourth-order valence-corrected chi connectivity index (χ4v) is 2.90. The van der Waals surface area contributed by atoms with Gasteiger partial charge in [-0.25, -0.2) is 9.78 Å². The number of carbonyl (C=O) groups excluding carboxylic acids is 2. The average Bonchev–Trinajstić information content (AvgIpc) is 3.24. The third kappa shape index (κ3) is 4.29. The fourth-order valence-electron chi connectivity index (χ4n) is 2.90. The largest absolute Gasteiger partial charge is 0.492 e. The van der Waals surface area contributed by atoms with Crippen LogP contribution in [0.25, 0.3) is 11.1 Å². The van der Waals surface area contributed by atoms with E-state index in [0.29, 0.717) is 32.0 Å². The van der Waals surface area contributed by atoms with Crippen LogP contribution in [0.3, 0.4) is 0 Å². The monoisotopic (exact) mass is 381 g/mol. The van der Waals surface area contributed by atoms with Crippen molar-refractivity contribution in [2.24, 2.45) is 0 Å². The van der Waals surface area contributed by atoms with E-state index in [4.69, 9.17) is 13.9 Å². The Morgan fingerprint density at radius 2 is 1.93 bits per heavy atom. The number of cyclic esters (lactones) is 1. The van der Waals surface area contributed by atoms with Crippen molar-refractivity contribution in [3.05, 3.63) is 60.0 Å². The van der Waals surface area contributed by atoms with E-state index in [0.717, 1.165) is 22.4 Å². The summed E-state index contributed by atoms with van der Waals surface area (Å²) in [7, 11) is 0. The van der Waals surface area contributed by atoms with Crippen LogP contribution in [0.4, 0.5) is 4.79 Å². The van der Waals surface area contributed by atoms with Crippen molar-refractivity contribution in [1.82, 2.24) is 15.6 Å². The molecule has 2 amide bonds. The smallest absolute Gasteiger partial charge is 0.414 e. The van der Waals surface area contributed by atoms with Gasteiger partial charge in [0.15, 0.2) is 11.7 Å². The van der Waals surface area contributed by atoms with E-state index in [1.165, 1.54) is 0 Å². The highest BCUT2D eigenvalue weighted by molar-refractivity contribution is 6.00. The van der Waals surface area contributed by atoms with Crippen LogP contribution in [0.15, 0.2) is 52.9 Å². The molecule has 0 spiro atoms. The lowest BCUT2D eigenvalue weighted by Crippen LogP contribution is -2.25. The molecule has 1 unspecified atom stereocenters. The average molecular weight is 381 g/mol. The summed E-state index contributed by atoms with van der Waals surface area (Å²) >= 11 is 0. The molecule has 4 rings (SSSR count). The molecule has 144 valence electrons. The number of fused-ring (bicyclic) bond motifs is 1. The van der Waals surface area contributed by atoms with E-state index in [1.54, 1.807) is 0 Å². The van der Waals surface area contributed by atoms with Crippen molar-refractivity contribution < 1.29 is 23.5 Å². The number of amides is 2. The van der Waals surface area contributed by atoms with Crippen LogP contribution >= 0.6 is 0 Å². The Kier molecular flexibility index (Phi) is 5.20. The molecule has 0 aliphatic carbocycles. The second kappa shape index (κ2) is 8.10. The van der Waals surface area contributed by atoms with Gasteiger partial charge < -0.3 is 19.2 Å². The van der Waals surface area contributed by atoms with Crippen LogP contribution in [0, 0.1) is 0 Å². The summed E-state index contributed by atoms with van der Waals surface area (Å²) in [5.41, 5.74) is 2.51. The molecule has 2 aromatic carbocycles. The molecule has 3 aromatic rings. The van der Waals surface area contributed by atoms with Crippen molar-refractivity contribution in [3.63, 3.8) is 0 Å². The predicted octanol–water partition coefficient (Wildman–Crippen LogP) is 2.17. The second-order valence-electron chi connectivity index (χ2n) is 6.33. The van der Waals surface area contributed by atoms with E-state index < -0.39 is 18.1 Å². The summed E-state index contributed by atoms with van der Waals surface area (Å²) in [5, 5.41) is 5.34. The molecule has 8 heteroatoms. The quantitative estimate of drug-likeness (QED) is 0.577. The van der Waals surface area contributed by atoms with Gasteiger partial charge in [-0.05, 0) is 29.8 Å². The van der Waals surface area contributed by atoms with Gasteiger partial charge in [-0.3, -0.25) is 10.1 Å². The van der Waals surface area contributed by atoms with E-state index in [2.05, 4.69) is 15.6 Å². The molecule has 2 N–H and O–H groups in total. The number of carbonyl (C=O) groups is 2. The molecule has 0 saturated carbocycles. The number of nitrogens with zero attached hydrogens (tertiary/aromatic N) is 1. The number of aromatic nitrogens is 1. The lowest BCUT2D eigenvalue weighted by atomic mass is 10.1. The van der Waals surface area contributed by atoms with Gasteiger partial charge in [0.1, 0.15) is 17.9 Å². The Balaban J connectivity index is 1.19. The number of alkyl carbamates (subject to hydrolysis) is 1. The van der Waals surface area contributed by atoms with Gasteiger partial charge in [-0.2, -0.15) is 0 Å². The molecule has 2 heterocycles. The lowest BCUT2D eigenvalue weighted by Gasteiger charge is -2.09. The number of benzene rings is 2. The topological polar surface area (TPSA) is 103 Å². The highest BCUT2D eigenvalue weighted by Gasteiger charge is 2.31. The van der Waals surface area contributed by atoms with Crippen molar-refractivity contribution >= 4 is 23.1 Å². The van der Waals surface area contributed by atoms with Crippen LogP contribution in [0.1, 0.15) is 11.5 Å². The first-order valence-electron chi connectivity index (χ1n) is 8.96. The summed E-state index contributed by atoms with van der Waals surface area (Å²) < 4.78 is 16.2. The van der Waals surface area contributed by atoms with Crippen molar-refractivity contribution in [3.8, 4) is 5.75 Å². The van der Waals surface area contributed by atoms with Gasteiger partial charge in [-0.15, -0.1) is 0 Å². The minimum absolute atomic E-state index is 0.337. The number of hydrogen-bond donors (Lipinski definition) is 2. The highest BCUT2D eigenvalue weighted by atomic mass is 16.6. The number of nitrogens with one attached hydrogen (secondary N) is 2. The molecule has 1 aliphatic rings. The molecule has 1 atom stereocenters. The first-order valence-corrected chi connectivity index (χ1v) is 8.96. The van der Waals surface area contributed by atoms with Gasteiger partial charge in [-0.1, -0.05) is 24.3 Å². The Bertz CT molecular complexity index is 950. The van der Waals surface area contributed by atoms with Gasteiger partial charge >= 0.3 is 6.09 Å². The molecule has 1 saturated heterocycles. The minimum atomic E-state index is -0.768. The molecular formula is C20H19N3O5. The molecule has 0 radical (unpaired) electrons. The van der Waals surface area contributed by atoms with Crippen LogP contribution in [-0.2, 0) is 22.5 Å². The molecule has 1 aliphatic heterocycles. The minimum Gasteiger partial charge on any atom is -0.492 e. The third-order valence-corrected chi connectivity index (χ3v) is 4.27. The van der Waals surface area contributed by atoms with Gasteiger partial charge in [0.2, 0.25) is 5.89 Å². The van der Waals surface area contributed by atoms with Crippen LogP contribution in [0.2, 0.25) is 0 Å². The zero-order chi connectivity index (χ0) is 19.3. The zero-order valence-corrected chi connectivity index (χ0v) is 15.0. The second-order valence-corrected chi connectivity index (χ2v) is 6.33. The number of imide groups is 1. The summed E-state index contributed by atoms with van der Waals surface area (Å²) in [5.74, 6) is 0.956. The molecule has 28 heavy (non-hydrogen) atoms. The van der Waals surface area contributed by atoms with Gasteiger partial charge in [0.25, 0.3) is 5.91 Å². The lowest BCUT2D eigenvalue weighted by molar-refractivity contribution is -0.123. The van der Waals surface area contributed by atoms with Crippen LogP contribution in [0.5, 0.6) is 5.75 Å². The molecule has 1 fully saturated rings. The van der Waals surface area contributed by atoms with E-state index in [1.807, 2.05) is 48.5 Å². The first-order chi connectivity index (χ1) is 13.7. The molecular weight excluding hydrogens is 362 g/mol. The Hall–Kier alpha value is -3.39. The fraction of sp³-hybridized carbons (Fsp3) is 0.250. The SMILES string of the molecule is O=C1NC(=O)C(Cc2ccc(OCCNCc3nc4ccccc4o3)cc2)O1. The van der Waals surface area contributed by atoms with Crippen molar-refractivity contribution in [2.45, 2.75) is 19.1 Å². The summed E-state index contributed by atoms with van der Waals surface area (Å²) in [4.78, 5) is 26.9. The summed E-state index contributed by atoms with van der Waals surface area (Å²) in [6.07, 6.45) is -1.13. The van der Waals surface area contributed by atoms with Crippen molar-refractivity contribution in [1.29, 1.82) is 0 Å². The predicted molar refractivity (Wildman–Crippen MR) is 99.8 cm³/mol. The Labute approximate surface area is 160 Å². The van der Waals surface area contributed by atoms with Gasteiger partial charge in [0, 0.05) is 13.0 Å².